The van der Waals surface area contributed by atoms with Crippen LogP contribution in [0.25, 0.3) is 0 Å². The average Bonchev–Trinajstić information content (AvgIpc) is 2.91. The number of rotatable bonds is 9. The van der Waals surface area contributed by atoms with Crippen LogP contribution in [0.15, 0.2) is 89.8 Å². The average molecular weight is 589 g/mol. The normalized spacial score (nSPS) is 12.0. The second kappa shape index (κ2) is 11.8. The molecule has 5 N–H and O–H groups in total. The Morgan fingerprint density at radius 1 is 0.897 bits per heavy atom. The molecular weight excluding hydrogens is 567 g/mol. The minimum absolute atomic E-state index is 0.0370. The highest BCUT2D eigenvalue weighted by Gasteiger charge is 2.21. The third-order valence-corrected chi connectivity index (χ3v) is 7.44. The molecule has 0 aromatic heterocycles. The van der Waals surface area contributed by atoms with Gasteiger partial charge in [0.15, 0.2) is 11.5 Å². The van der Waals surface area contributed by atoms with Crippen molar-refractivity contribution in [3.8, 4) is 23.0 Å². The summed E-state index contributed by atoms with van der Waals surface area (Å²) in [7, 11) is -4.12. The maximum Gasteiger partial charge on any atom is 0.261 e. The van der Waals surface area contributed by atoms with Crippen molar-refractivity contribution in [2.24, 2.45) is 0 Å². The zero-order chi connectivity index (χ0) is 28.2. The van der Waals surface area contributed by atoms with Crippen molar-refractivity contribution in [2.75, 3.05) is 11.3 Å². The first-order chi connectivity index (χ1) is 18.5. The molecule has 0 fully saturated rings. The summed E-state index contributed by atoms with van der Waals surface area (Å²) in [4.78, 5) is 12.8. The molecule has 0 aliphatic carbocycles. The van der Waals surface area contributed by atoms with Gasteiger partial charge in [-0.2, -0.15) is 0 Å². The lowest BCUT2D eigenvalue weighted by molar-refractivity contribution is 0.0917. The molecule has 4 aromatic carbocycles. The molecule has 0 aliphatic heterocycles. The van der Waals surface area contributed by atoms with E-state index in [1.165, 1.54) is 54.6 Å². The number of anilines is 1. The number of benzene rings is 4. The van der Waals surface area contributed by atoms with Crippen molar-refractivity contribution in [1.82, 2.24) is 5.32 Å². The summed E-state index contributed by atoms with van der Waals surface area (Å²) in [6.45, 7) is -0.269. The summed E-state index contributed by atoms with van der Waals surface area (Å²) >= 11 is 12.2. The number of hydrogen-bond donors (Lipinski definition) is 5. The van der Waals surface area contributed by atoms with E-state index in [1.807, 2.05) is 0 Å². The summed E-state index contributed by atoms with van der Waals surface area (Å²) in [5, 5.41) is 32.5. The van der Waals surface area contributed by atoms with Crippen LogP contribution in [-0.2, 0) is 10.0 Å². The minimum atomic E-state index is -4.12. The van der Waals surface area contributed by atoms with E-state index in [2.05, 4.69) is 10.0 Å². The molecule has 1 atom stereocenters. The third-order valence-electron chi connectivity index (χ3n) is 5.51. The highest BCUT2D eigenvalue weighted by atomic mass is 35.5. The van der Waals surface area contributed by atoms with Crippen LogP contribution in [0.5, 0.6) is 23.0 Å². The number of carbonyl (C=O) groups excluding carboxylic acids is 1. The SMILES string of the molecule is O=C(NC[C@H](O)c1ccc(O)c(O)c1)c1cc(Cl)ccc1NS(=O)(=O)c1ccc(Oc2ccccc2Cl)cc1. The number of aliphatic hydroxyl groups excluding tert-OH is 1. The summed E-state index contributed by atoms with van der Waals surface area (Å²) in [6, 6.07) is 20.3. The number of amides is 1. The number of aromatic hydroxyl groups is 2. The van der Waals surface area contributed by atoms with E-state index in [0.29, 0.717) is 16.5 Å². The van der Waals surface area contributed by atoms with Crippen molar-refractivity contribution in [1.29, 1.82) is 0 Å². The van der Waals surface area contributed by atoms with Gasteiger partial charge >= 0.3 is 0 Å². The number of carbonyl (C=O) groups is 1. The van der Waals surface area contributed by atoms with Gasteiger partial charge in [-0.25, -0.2) is 8.42 Å². The Morgan fingerprint density at radius 3 is 2.31 bits per heavy atom. The number of hydrogen-bond acceptors (Lipinski definition) is 7. The molecule has 0 saturated carbocycles. The number of nitrogens with one attached hydrogen (secondary N) is 2. The number of phenols is 2. The van der Waals surface area contributed by atoms with Crippen LogP contribution >= 0.6 is 23.2 Å². The lowest BCUT2D eigenvalue weighted by atomic mass is 10.1. The molecule has 1 amide bonds. The quantitative estimate of drug-likeness (QED) is 0.163. The molecule has 0 radical (unpaired) electrons. The fraction of sp³-hybridized carbons (Fsp3) is 0.0741. The molecule has 0 saturated heterocycles. The van der Waals surface area contributed by atoms with Crippen molar-refractivity contribution in [3.05, 3.63) is 106 Å². The first kappa shape index (κ1) is 28.1. The molecule has 9 nitrogen and oxygen atoms in total. The summed E-state index contributed by atoms with van der Waals surface area (Å²) in [5.41, 5.74) is 0.134. The first-order valence-corrected chi connectivity index (χ1v) is 13.6. The Morgan fingerprint density at radius 2 is 1.62 bits per heavy atom. The van der Waals surface area contributed by atoms with Gasteiger partial charge in [-0.05, 0) is 72.3 Å². The van der Waals surface area contributed by atoms with E-state index in [1.54, 1.807) is 24.3 Å². The molecule has 0 aliphatic rings. The van der Waals surface area contributed by atoms with Gasteiger partial charge < -0.3 is 25.4 Å². The Kier molecular flexibility index (Phi) is 8.51. The molecular formula is C27H22Cl2N2O7S. The fourth-order valence-corrected chi connectivity index (χ4v) is 4.91. The summed E-state index contributed by atoms with van der Waals surface area (Å²) in [5.74, 6) is -0.701. The van der Waals surface area contributed by atoms with Gasteiger partial charge in [0, 0.05) is 11.6 Å². The third kappa shape index (κ3) is 6.92. The van der Waals surface area contributed by atoms with Gasteiger partial charge in [0.1, 0.15) is 11.5 Å². The molecule has 4 aromatic rings. The molecule has 0 spiro atoms. The van der Waals surface area contributed by atoms with Crippen LogP contribution in [-0.4, -0.2) is 36.2 Å². The first-order valence-electron chi connectivity index (χ1n) is 11.4. The van der Waals surface area contributed by atoms with E-state index >= 15 is 0 Å². The second-order valence-corrected chi connectivity index (χ2v) is 10.8. The topological polar surface area (TPSA) is 145 Å². The highest BCUT2D eigenvalue weighted by molar-refractivity contribution is 7.92. The van der Waals surface area contributed by atoms with E-state index in [4.69, 9.17) is 27.9 Å². The van der Waals surface area contributed by atoms with Gasteiger partial charge in [-0.3, -0.25) is 9.52 Å². The number of phenolic OH excluding ortho intramolecular Hbond substituents is 2. The number of ether oxygens (including phenoxy) is 1. The van der Waals surface area contributed by atoms with Crippen LogP contribution in [0.1, 0.15) is 22.0 Å². The molecule has 4 rings (SSSR count). The fourth-order valence-electron chi connectivity index (χ4n) is 3.49. The smallest absolute Gasteiger partial charge is 0.261 e. The Hall–Kier alpha value is -3.96. The van der Waals surface area contributed by atoms with Crippen LogP contribution in [0.2, 0.25) is 10.0 Å². The van der Waals surface area contributed by atoms with Gasteiger partial charge in [0.05, 0.1) is 27.3 Å². The zero-order valence-electron chi connectivity index (χ0n) is 20.0. The van der Waals surface area contributed by atoms with Gasteiger partial charge in [-0.1, -0.05) is 41.4 Å². The van der Waals surface area contributed by atoms with Crippen LogP contribution in [0, 0.1) is 0 Å². The Balaban J connectivity index is 1.48. The predicted molar refractivity (Wildman–Crippen MR) is 147 cm³/mol. The lowest BCUT2D eigenvalue weighted by Gasteiger charge is -2.16. The van der Waals surface area contributed by atoms with Crippen molar-refractivity contribution < 1.29 is 33.3 Å². The minimum Gasteiger partial charge on any atom is -0.504 e. The molecule has 12 heteroatoms. The summed E-state index contributed by atoms with van der Waals surface area (Å²) < 4.78 is 34.2. The maximum absolute atomic E-state index is 13.1. The van der Waals surface area contributed by atoms with Crippen LogP contribution in [0.3, 0.4) is 0 Å². The zero-order valence-corrected chi connectivity index (χ0v) is 22.3. The van der Waals surface area contributed by atoms with E-state index in [-0.39, 0.29) is 39.0 Å². The van der Waals surface area contributed by atoms with Gasteiger partial charge in [0.2, 0.25) is 0 Å². The number of para-hydroxylation sites is 1. The predicted octanol–water partition coefficient (Wildman–Crippen LogP) is 5.46. The largest absolute Gasteiger partial charge is 0.504 e. The standard InChI is InChI=1S/C27H22Cl2N2O7S/c28-17-6-11-22(20(14-17)27(35)30-15-25(34)16-5-12-23(32)24(33)13-16)31-39(36,37)19-9-7-18(8-10-19)38-26-4-2-1-3-21(26)29/h1-14,25,31-34H,15H2,(H,30,35)/t25-/m0/s1. The number of aliphatic hydroxyl groups is 1. The van der Waals surface area contributed by atoms with Crippen LogP contribution < -0.4 is 14.8 Å². The molecule has 39 heavy (non-hydrogen) atoms. The van der Waals surface area contributed by atoms with Crippen molar-refractivity contribution in [3.63, 3.8) is 0 Å². The van der Waals surface area contributed by atoms with E-state index in [0.717, 1.165) is 6.07 Å². The van der Waals surface area contributed by atoms with Crippen molar-refractivity contribution >= 4 is 44.8 Å². The van der Waals surface area contributed by atoms with Crippen molar-refractivity contribution in [2.45, 2.75) is 11.0 Å². The monoisotopic (exact) mass is 588 g/mol. The summed E-state index contributed by atoms with van der Waals surface area (Å²) in [6.07, 6.45) is -1.22. The Labute approximate surface area is 234 Å². The number of sulfonamides is 1. The highest BCUT2D eigenvalue weighted by Crippen LogP contribution is 2.31. The Bertz CT molecular complexity index is 1610. The lowest BCUT2D eigenvalue weighted by Crippen LogP contribution is -2.29. The maximum atomic E-state index is 13.1. The molecule has 0 heterocycles. The van der Waals surface area contributed by atoms with E-state index < -0.39 is 27.8 Å². The van der Waals surface area contributed by atoms with Gasteiger partial charge in [0.25, 0.3) is 15.9 Å². The van der Waals surface area contributed by atoms with Gasteiger partial charge in [-0.15, -0.1) is 0 Å². The molecule has 202 valence electrons. The number of halogens is 2. The van der Waals surface area contributed by atoms with E-state index in [9.17, 15) is 28.5 Å². The van der Waals surface area contributed by atoms with Crippen LogP contribution in [0.4, 0.5) is 5.69 Å². The molecule has 0 unspecified atom stereocenters. The molecule has 0 bridgehead atoms. The second-order valence-electron chi connectivity index (χ2n) is 8.27.